The summed E-state index contributed by atoms with van der Waals surface area (Å²) >= 11 is 1.59. The second-order valence-electron chi connectivity index (χ2n) is 8.14. The molecule has 1 aromatic rings. The minimum Gasteiger partial charge on any atom is -0.370 e. The summed E-state index contributed by atoms with van der Waals surface area (Å²) in [4.78, 5) is 29.1. The Morgan fingerprint density at radius 1 is 1.17 bits per heavy atom. The van der Waals surface area contributed by atoms with Crippen molar-refractivity contribution < 1.29 is 24.1 Å². The lowest BCUT2D eigenvalue weighted by atomic mass is 10.1. The van der Waals surface area contributed by atoms with E-state index < -0.39 is 0 Å². The number of benzene rings is 1. The van der Waals surface area contributed by atoms with Crippen molar-refractivity contribution in [2.24, 2.45) is 0 Å². The van der Waals surface area contributed by atoms with Gasteiger partial charge in [0.2, 0.25) is 5.37 Å². The van der Waals surface area contributed by atoms with Crippen LogP contribution in [0.1, 0.15) is 36.0 Å². The van der Waals surface area contributed by atoms with Gasteiger partial charge in [0.1, 0.15) is 13.1 Å². The molecule has 0 radical (unpaired) electrons. The van der Waals surface area contributed by atoms with E-state index in [0.717, 1.165) is 36.6 Å². The number of fused-ring (bicyclic) bond motifs is 1. The highest BCUT2D eigenvalue weighted by molar-refractivity contribution is 8.00. The molecule has 2 saturated heterocycles. The summed E-state index contributed by atoms with van der Waals surface area (Å²) in [6.45, 7) is 7.45. The Bertz CT molecular complexity index is 733. The van der Waals surface area contributed by atoms with E-state index >= 15 is 0 Å². The first-order valence-corrected chi connectivity index (χ1v) is 11.7. The van der Waals surface area contributed by atoms with Crippen LogP contribution in [0.4, 0.5) is 5.69 Å². The standard InChI is InChI=1S/C21H30N4O3S/c26-19(22-7-4-10-24-8-2-1-3-9-24)16-5-6-18-17(15-16)23-20(27)21(29-18)25-11-13-28-14-12-25/h5-6,15,21H,1-4,7-14H2,(H,22,26)(H,23,27)/p+2. The Morgan fingerprint density at radius 3 is 2.76 bits per heavy atom. The third-order valence-corrected chi connectivity index (χ3v) is 7.43. The quantitative estimate of drug-likeness (QED) is 0.453. The first kappa shape index (κ1) is 20.7. The van der Waals surface area contributed by atoms with Gasteiger partial charge in [0, 0.05) is 23.4 Å². The molecule has 2 fully saturated rings. The van der Waals surface area contributed by atoms with Gasteiger partial charge in [0.25, 0.3) is 11.8 Å². The maximum absolute atomic E-state index is 12.6. The molecular formula is C21H32N4O3S+2. The molecule has 0 aromatic heterocycles. The van der Waals surface area contributed by atoms with Crippen LogP contribution in [0.3, 0.4) is 0 Å². The number of hydrogen-bond acceptors (Lipinski definition) is 4. The number of anilines is 1. The number of amides is 2. The molecule has 1 atom stereocenters. The summed E-state index contributed by atoms with van der Waals surface area (Å²) in [5.41, 5.74) is 1.35. The molecule has 8 heteroatoms. The van der Waals surface area contributed by atoms with Crippen LogP contribution < -0.4 is 20.4 Å². The molecule has 0 bridgehead atoms. The molecule has 158 valence electrons. The van der Waals surface area contributed by atoms with Crippen molar-refractivity contribution in [3.8, 4) is 0 Å². The van der Waals surface area contributed by atoms with E-state index in [4.69, 9.17) is 4.74 Å². The predicted molar refractivity (Wildman–Crippen MR) is 113 cm³/mol. The average molecular weight is 421 g/mol. The van der Waals surface area contributed by atoms with Crippen LogP contribution >= 0.6 is 11.8 Å². The van der Waals surface area contributed by atoms with Crippen molar-refractivity contribution in [1.82, 2.24) is 5.32 Å². The number of quaternary nitrogens is 2. The average Bonchev–Trinajstić information content (AvgIpc) is 2.77. The third-order valence-electron chi connectivity index (χ3n) is 6.04. The highest BCUT2D eigenvalue weighted by atomic mass is 32.2. The molecule has 0 spiro atoms. The third kappa shape index (κ3) is 5.31. The van der Waals surface area contributed by atoms with Crippen molar-refractivity contribution in [3.05, 3.63) is 23.8 Å². The van der Waals surface area contributed by atoms with E-state index in [1.54, 1.807) is 22.7 Å². The van der Waals surface area contributed by atoms with Crippen molar-refractivity contribution in [2.75, 3.05) is 57.8 Å². The van der Waals surface area contributed by atoms with Crippen molar-refractivity contribution in [3.63, 3.8) is 0 Å². The van der Waals surface area contributed by atoms with Crippen LogP contribution in [0, 0.1) is 0 Å². The molecule has 0 saturated carbocycles. The lowest BCUT2D eigenvalue weighted by molar-refractivity contribution is -0.909. The number of carbonyl (C=O) groups is 2. The Hall–Kier alpha value is -1.61. The zero-order valence-corrected chi connectivity index (χ0v) is 17.7. The van der Waals surface area contributed by atoms with Gasteiger partial charge in [0.15, 0.2) is 0 Å². The summed E-state index contributed by atoms with van der Waals surface area (Å²) in [5, 5.41) is 5.89. The van der Waals surface area contributed by atoms with Gasteiger partial charge in [0.05, 0.1) is 38.5 Å². The van der Waals surface area contributed by atoms with E-state index in [1.165, 1.54) is 37.3 Å². The summed E-state index contributed by atoms with van der Waals surface area (Å²) in [5.74, 6) is -0.0527. The number of nitrogens with one attached hydrogen (secondary N) is 4. The monoisotopic (exact) mass is 420 g/mol. The minimum atomic E-state index is -0.150. The number of morpholine rings is 1. The highest BCUT2D eigenvalue weighted by Crippen LogP contribution is 2.34. The maximum Gasteiger partial charge on any atom is 0.294 e. The van der Waals surface area contributed by atoms with E-state index in [1.807, 2.05) is 12.1 Å². The number of likely N-dealkylation sites (tertiary alicyclic amines) is 1. The Labute approximate surface area is 176 Å². The molecule has 2 amide bonds. The zero-order valence-electron chi connectivity index (χ0n) is 16.9. The normalized spacial score (nSPS) is 23.3. The molecule has 3 heterocycles. The fraction of sp³-hybridized carbons (Fsp3) is 0.619. The van der Waals surface area contributed by atoms with Crippen LogP contribution in [0.2, 0.25) is 0 Å². The molecule has 3 aliphatic rings. The van der Waals surface area contributed by atoms with Gasteiger partial charge in [-0.2, -0.15) is 0 Å². The number of piperidine rings is 1. The number of hydrogen-bond donors (Lipinski definition) is 4. The van der Waals surface area contributed by atoms with Gasteiger partial charge in [-0.15, -0.1) is 0 Å². The van der Waals surface area contributed by atoms with E-state index in [-0.39, 0.29) is 17.2 Å². The summed E-state index contributed by atoms with van der Waals surface area (Å²) < 4.78 is 5.40. The SMILES string of the molecule is O=C(NCCC[NH+]1CCCCC1)c1ccc2c(c1)NC(=O)C([NH+]1CCOCC1)S2. The lowest BCUT2D eigenvalue weighted by Gasteiger charge is -2.32. The Balaban J connectivity index is 1.29. The van der Waals surface area contributed by atoms with Crippen molar-refractivity contribution >= 4 is 29.3 Å². The van der Waals surface area contributed by atoms with Crippen LogP contribution in [-0.4, -0.2) is 69.7 Å². The van der Waals surface area contributed by atoms with Crippen molar-refractivity contribution in [2.45, 2.75) is 36.0 Å². The molecule has 7 nitrogen and oxygen atoms in total. The predicted octanol–water partition coefficient (Wildman–Crippen LogP) is -0.839. The number of thioether (sulfide) groups is 1. The maximum atomic E-state index is 12.6. The fourth-order valence-corrected chi connectivity index (χ4v) is 5.56. The molecule has 4 rings (SSSR count). The second-order valence-corrected chi connectivity index (χ2v) is 9.29. The van der Waals surface area contributed by atoms with Crippen LogP contribution in [0.15, 0.2) is 23.1 Å². The molecule has 29 heavy (non-hydrogen) atoms. The molecule has 0 aliphatic carbocycles. The number of carbonyl (C=O) groups excluding carboxylic acids is 2. The van der Waals surface area contributed by atoms with Crippen LogP contribution in [0.5, 0.6) is 0 Å². The Kier molecular flexibility index (Phi) is 7.07. The van der Waals surface area contributed by atoms with Crippen molar-refractivity contribution in [1.29, 1.82) is 0 Å². The topological polar surface area (TPSA) is 76.3 Å². The number of ether oxygens (including phenoxy) is 1. The highest BCUT2D eigenvalue weighted by Gasteiger charge is 2.36. The van der Waals surface area contributed by atoms with Crippen LogP contribution in [0.25, 0.3) is 0 Å². The Morgan fingerprint density at radius 2 is 1.97 bits per heavy atom. The first-order valence-electron chi connectivity index (χ1n) is 10.9. The smallest absolute Gasteiger partial charge is 0.294 e. The summed E-state index contributed by atoms with van der Waals surface area (Å²) in [6.07, 6.45) is 5.02. The van der Waals surface area contributed by atoms with Crippen LogP contribution in [-0.2, 0) is 9.53 Å². The first-order chi connectivity index (χ1) is 14.2. The minimum absolute atomic E-state index is 0.0152. The molecule has 1 aromatic carbocycles. The van der Waals surface area contributed by atoms with E-state index in [0.29, 0.717) is 25.3 Å². The fourth-order valence-electron chi connectivity index (χ4n) is 4.36. The van der Waals surface area contributed by atoms with Gasteiger partial charge in [-0.05, 0) is 37.5 Å². The largest absolute Gasteiger partial charge is 0.370 e. The zero-order chi connectivity index (χ0) is 20.1. The van der Waals surface area contributed by atoms with Gasteiger partial charge in [-0.25, -0.2) is 0 Å². The van der Waals surface area contributed by atoms with Gasteiger partial charge in [-0.3, -0.25) is 9.59 Å². The molecule has 4 N–H and O–H groups in total. The van der Waals surface area contributed by atoms with Gasteiger partial charge < -0.3 is 25.2 Å². The van der Waals surface area contributed by atoms with E-state index in [9.17, 15) is 9.59 Å². The summed E-state index contributed by atoms with van der Waals surface area (Å²) in [6, 6.07) is 5.62. The van der Waals surface area contributed by atoms with Gasteiger partial charge >= 0.3 is 0 Å². The lowest BCUT2D eigenvalue weighted by Crippen LogP contribution is -3.18. The van der Waals surface area contributed by atoms with Gasteiger partial charge in [-0.1, -0.05) is 11.8 Å². The second kappa shape index (κ2) is 9.93. The van der Waals surface area contributed by atoms with E-state index in [2.05, 4.69) is 10.6 Å². The summed E-state index contributed by atoms with van der Waals surface area (Å²) in [7, 11) is 0. The molecule has 3 aliphatic heterocycles. The number of rotatable bonds is 6. The molecule has 1 unspecified atom stereocenters. The molecular weight excluding hydrogens is 388 g/mol.